The van der Waals surface area contributed by atoms with E-state index in [2.05, 4.69) is 16.0 Å². The average molecular weight is 552 g/mol. The van der Waals surface area contributed by atoms with Crippen molar-refractivity contribution in [3.05, 3.63) is 71.8 Å². The molecule has 9 N–H and O–H groups in total. The molecule has 0 saturated carbocycles. The minimum atomic E-state index is -0.981. The molecule has 2 aromatic rings. The second-order valence-electron chi connectivity index (χ2n) is 10.5. The molecule has 0 fully saturated rings. The van der Waals surface area contributed by atoms with Gasteiger partial charge in [-0.3, -0.25) is 19.2 Å². The first-order valence-electron chi connectivity index (χ1n) is 13.7. The first kappa shape index (κ1) is 32.6. The Hall–Kier alpha value is -3.60. The third-order valence-electron chi connectivity index (χ3n) is 6.43. The summed E-state index contributed by atoms with van der Waals surface area (Å²) in [6, 6.07) is 14.5. The van der Waals surface area contributed by atoms with Gasteiger partial charge in [0.1, 0.15) is 12.1 Å². The van der Waals surface area contributed by atoms with E-state index in [-0.39, 0.29) is 24.8 Å². The fourth-order valence-electron chi connectivity index (χ4n) is 4.32. The number of rotatable bonds is 17. The number of benzene rings is 2. The van der Waals surface area contributed by atoms with Gasteiger partial charge in [-0.2, -0.15) is 0 Å². The number of hydrogen-bond donors (Lipinski definition) is 6. The van der Waals surface area contributed by atoms with Gasteiger partial charge in [0.05, 0.1) is 12.1 Å². The van der Waals surface area contributed by atoms with Crippen molar-refractivity contribution < 1.29 is 19.2 Å². The maximum absolute atomic E-state index is 13.5. The predicted octanol–water partition coefficient (Wildman–Crippen LogP) is 0.476. The predicted molar refractivity (Wildman–Crippen MR) is 155 cm³/mol. The van der Waals surface area contributed by atoms with Crippen LogP contribution in [-0.2, 0) is 32.0 Å². The van der Waals surface area contributed by atoms with Gasteiger partial charge in [0, 0.05) is 12.5 Å². The van der Waals surface area contributed by atoms with E-state index in [9.17, 15) is 19.2 Å². The summed E-state index contributed by atoms with van der Waals surface area (Å²) in [5.74, 6) is -1.48. The van der Waals surface area contributed by atoms with E-state index in [1.165, 1.54) is 0 Å². The summed E-state index contributed by atoms with van der Waals surface area (Å²) in [5, 5.41) is 8.20. The largest absolute Gasteiger partial charge is 0.344 e. The molecule has 0 saturated heterocycles. The van der Waals surface area contributed by atoms with Gasteiger partial charge in [0.2, 0.25) is 24.0 Å². The Balaban J connectivity index is 2.17. The first-order valence-corrected chi connectivity index (χ1v) is 13.7. The molecule has 0 aliphatic rings. The average Bonchev–Trinajstić information content (AvgIpc) is 2.92. The van der Waals surface area contributed by atoms with Crippen LogP contribution >= 0.6 is 0 Å². The van der Waals surface area contributed by atoms with Crippen LogP contribution in [0.25, 0.3) is 0 Å². The lowest BCUT2D eigenvalue weighted by molar-refractivity contribution is -0.132. The van der Waals surface area contributed by atoms with Gasteiger partial charge < -0.3 is 33.2 Å². The number of nitrogens with one attached hydrogen (secondary N) is 3. The number of nitrogens with two attached hydrogens (primary N) is 3. The highest BCUT2D eigenvalue weighted by Gasteiger charge is 2.30. The van der Waals surface area contributed by atoms with Crippen molar-refractivity contribution in [2.24, 2.45) is 23.1 Å². The maximum atomic E-state index is 13.5. The maximum Gasteiger partial charge on any atom is 0.243 e. The van der Waals surface area contributed by atoms with E-state index in [1.807, 2.05) is 80.8 Å². The van der Waals surface area contributed by atoms with Crippen molar-refractivity contribution in [3.63, 3.8) is 0 Å². The molecule has 0 aromatic heterocycles. The molecule has 1 radical (unpaired) electrons. The molecule has 40 heavy (non-hydrogen) atoms. The SMILES string of the molecule is CC(C)C[C@@H](NC(=O)[C@@H](Cc1ccccc1)NC(=O)[C@H](N)Cc1ccccc1)C(=O)N[C@@H]([C]=O)CC(N)CCN. The highest BCUT2D eigenvalue weighted by Crippen LogP contribution is 2.10. The molecule has 0 heterocycles. The molecule has 3 amide bonds. The lowest BCUT2D eigenvalue weighted by atomic mass is 9.99. The second-order valence-corrected chi connectivity index (χ2v) is 10.5. The van der Waals surface area contributed by atoms with Crippen molar-refractivity contribution in [2.45, 2.75) is 76.2 Å². The van der Waals surface area contributed by atoms with Gasteiger partial charge in [-0.15, -0.1) is 0 Å². The summed E-state index contributed by atoms with van der Waals surface area (Å²) in [7, 11) is 0. The quantitative estimate of drug-likeness (QED) is 0.165. The summed E-state index contributed by atoms with van der Waals surface area (Å²) in [6.07, 6.45) is 3.31. The normalized spacial score (nSPS) is 14.8. The molecule has 1 unspecified atom stereocenters. The summed E-state index contributed by atoms with van der Waals surface area (Å²) in [4.78, 5) is 51.2. The first-order chi connectivity index (χ1) is 19.1. The number of carbonyl (C=O) groups excluding carboxylic acids is 4. The monoisotopic (exact) mass is 551 g/mol. The number of hydrogen-bond acceptors (Lipinski definition) is 7. The van der Waals surface area contributed by atoms with Crippen molar-refractivity contribution >= 4 is 24.0 Å². The summed E-state index contributed by atoms with van der Waals surface area (Å²) in [5.41, 5.74) is 19.4. The van der Waals surface area contributed by atoms with Gasteiger partial charge in [0.25, 0.3) is 0 Å². The Bertz CT molecular complexity index is 1070. The van der Waals surface area contributed by atoms with Crippen LogP contribution in [0.2, 0.25) is 0 Å². The van der Waals surface area contributed by atoms with Crippen LogP contribution in [0.15, 0.2) is 60.7 Å². The molecular formula is C30H43N6O4. The van der Waals surface area contributed by atoms with E-state index in [1.54, 1.807) is 0 Å². The third kappa shape index (κ3) is 11.6. The molecule has 0 aliphatic carbocycles. The topological polar surface area (TPSA) is 182 Å². The molecule has 2 aromatic carbocycles. The minimum absolute atomic E-state index is 0.0515. The molecule has 5 atom stereocenters. The fraction of sp³-hybridized carbons (Fsp3) is 0.467. The minimum Gasteiger partial charge on any atom is -0.344 e. The van der Waals surface area contributed by atoms with Gasteiger partial charge in [0.15, 0.2) is 0 Å². The Morgan fingerprint density at radius 3 is 1.80 bits per heavy atom. The van der Waals surface area contributed by atoms with E-state index >= 15 is 0 Å². The lowest BCUT2D eigenvalue weighted by Gasteiger charge is -2.26. The number of carbonyl (C=O) groups is 3. The molecule has 0 bridgehead atoms. The van der Waals surface area contributed by atoms with Crippen molar-refractivity contribution in [2.75, 3.05) is 6.54 Å². The van der Waals surface area contributed by atoms with Crippen LogP contribution in [0.1, 0.15) is 44.2 Å². The molecule has 2 rings (SSSR count). The molecular weight excluding hydrogens is 508 g/mol. The highest BCUT2D eigenvalue weighted by molar-refractivity contribution is 5.93. The van der Waals surface area contributed by atoms with E-state index in [0.29, 0.717) is 25.8 Å². The highest BCUT2D eigenvalue weighted by atomic mass is 16.2. The Kier molecular flexibility index (Phi) is 14.0. The molecule has 217 valence electrons. The van der Waals surface area contributed by atoms with E-state index in [0.717, 1.165) is 11.1 Å². The smallest absolute Gasteiger partial charge is 0.243 e. The number of amides is 3. The third-order valence-corrected chi connectivity index (χ3v) is 6.43. The summed E-state index contributed by atoms with van der Waals surface area (Å²) < 4.78 is 0. The fourth-order valence-corrected chi connectivity index (χ4v) is 4.32. The Morgan fingerprint density at radius 1 is 0.750 bits per heavy atom. The van der Waals surface area contributed by atoms with Crippen LogP contribution in [-0.4, -0.2) is 60.8 Å². The van der Waals surface area contributed by atoms with Gasteiger partial charge in [-0.05, 0) is 49.3 Å². The van der Waals surface area contributed by atoms with Crippen LogP contribution < -0.4 is 33.2 Å². The molecule has 10 nitrogen and oxygen atoms in total. The van der Waals surface area contributed by atoms with Crippen LogP contribution in [0.3, 0.4) is 0 Å². The molecule has 0 aliphatic heterocycles. The zero-order chi connectivity index (χ0) is 29.5. The molecule has 0 spiro atoms. The zero-order valence-corrected chi connectivity index (χ0v) is 23.3. The van der Waals surface area contributed by atoms with E-state index < -0.39 is 41.9 Å². The summed E-state index contributed by atoms with van der Waals surface area (Å²) >= 11 is 0. The van der Waals surface area contributed by atoms with E-state index in [4.69, 9.17) is 17.2 Å². The van der Waals surface area contributed by atoms with Crippen LogP contribution in [0.4, 0.5) is 0 Å². The van der Waals surface area contributed by atoms with Crippen molar-refractivity contribution in [3.8, 4) is 0 Å². The van der Waals surface area contributed by atoms with Crippen LogP contribution in [0, 0.1) is 5.92 Å². The Labute approximate surface area is 236 Å². The van der Waals surface area contributed by atoms with Crippen molar-refractivity contribution in [1.82, 2.24) is 16.0 Å². The van der Waals surface area contributed by atoms with Crippen LogP contribution in [0.5, 0.6) is 0 Å². The standard InChI is InChI=1S/C30H43N6O4/c1-20(2)15-26(29(39)34-24(19-37)18-23(32)13-14-31)36-30(40)27(17-22-11-7-4-8-12-22)35-28(38)25(33)16-21-9-5-3-6-10-21/h3-12,20,23-27H,13-18,31-33H2,1-2H3,(H,34,39)(H,35,38)(H,36,40)/t23?,24-,25-,26-,27-/m1/s1. The summed E-state index contributed by atoms with van der Waals surface area (Å²) in [6.45, 7) is 4.19. The van der Waals surface area contributed by atoms with Gasteiger partial charge in [-0.25, -0.2) is 0 Å². The Morgan fingerprint density at radius 2 is 1.27 bits per heavy atom. The van der Waals surface area contributed by atoms with Gasteiger partial charge in [-0.1, -0.05) is 74.5 Å². The second kappa shape index (κ2) is 17.2. The zero-order valence-electron chi connectivity index (χ0n) is 23.3. The van der Waals surface area contributed by atoms with Crippen molar-refractivity contribution in [1.29, 1.82) is 0 Å². The van der Waals surface area contributed by atoms with Gasteiger partial charge >= 0.3 is 0 Å². The molecule has 10 heteroatoms. The lowest BCUT2D eigenvalue weighted by Crippen LogP contribution is -2.57.